The predicted octanol–water partition coefficient (Wildman–Crippen LogP) is 4.73. The van der Waals surface area contributed by atoms with Crippen LogP contribution >= 0.6 is 11.6 Å². The lowest BCUT2D eigenvalue weighted by atomic mass is 9.71. The molecule has 0 radical (unpaired) electrons. The van der Waals surface area contributed by atoms with Crippen LogP contribution < -0.4 is 0 Å². The first-order chi connectivity index (χ1) is 9.04. The molecule has 88 valence electrons. The third-order valence-electron chi connectivity index (χ3n) is 3.46. The lowest BCUT2D eigenvalue weighted by Gasteiger charge is -2.35. The molecular formula is C14H20ClN. The van der Waals surface area contributed by atoms with Crippen molar-refractivity contribution in [2.24, 2.45) is 5.41 Å². The summed E-state index contributed by atoms with van der Waals surface area (Å²) in [5.74, 6) is -0.869. The minimum absolute atomic E-state index is 0.164. The van der Waals surface area contributed by atoms with E-state index in [-0.39, 0.29) is 16.1 Å². The van der Waals surface area contributed by atoms with Crippen LogP contribution in [0.1, 0.15) is 62.0 Å². The molecule has 0 N–H and O–H groups in total. The summed E-state index contributed by atoms with van der Waals surface area (Å²) in [5.41, 5.74) is 0.909. The van der Waals surface area contributed by atoms with Crippen molar-refractivity contribution in [3.63, 3.8) is 0 Å². The van der Waals surface area contributed by atoms with Crippen molar-refractivity contribution in [2.75, 3.05) is 0 Å². The van der Waals surface area contributed by atoms with Crippen molar-refractivity contribution in [1.29, 1.82) is 0 Å². The molecule has 0 bridgehead atoms. The number of aryl methyl sites for hydroxylation is 1. The van der Waals surface area contributed by atoms with Crippen LogP contribution in [-0.4, -0.2) is 4.98 Å². The Balaban J connectivity index is 2.44. The van der Waals surface area contributed by atoms with Gasteiger partial charge in [-0.15, -0.1) is 0 Å². The number of halogens is 1. The highest BCUT2D eigenvalue weighted by atomic mass is 35.5. The van der Waals surface area contributed by atoms with Gasteiger partial charge in [-0.1, -0.05) is 25.4 Å². The van der Waals surface area contributed by atoms with Gasteiger partial charge in [0.2, 0.25) is 0 Å². The van der Waals surface area contributed by atoms with Gasteiger partial charge >= 0.3 is 0 Å². The first-order valence-electron chi connectivity index (χ1n) is 7.70. The Hall–Kier alpha value is -0.560. The maximum absolute atomic E-state index is 8.72. The Morgan fingerprint density at radius 3 is 2.81 bits per heavy atom. The third kappa shape index (κ3) is 2.57. The summed E-state index contributed by atoms with van der Waals surface area (Å²) in [5, 5.41) is 0.254. The van der Waals surface area contributed by atoms with Crippen LogP contribution in [0.5, 0.6) is 0 Å². The molecule has 1 aromatic rings. The van der Waals surface area contributed by atoms with E-state index in [0.29, 0.717) is 18.4 Å². The normalized spacial score (nSPS) is 27.4. The molecule has 1 aromatic heterocycles. The number of hydrogen-bond donors (Lipinski definition) is 0. The maximum Gasteiger partial charge on any atom is 0.129 e. The minimum Gasteiger partial charge on any atom is -0.244 e. The second-order valence-electron chi connectivity index (χ2n) is 5.32. The summed E-state index contributed by atoms with van der Waals surface area (Å²) >= 11 is 5.93. The van der Waals surface area contributed by atoms with Crippen molar-refractivity contribution in [3.8, 4) is 0 Å². The van der Waals surface area contributed by atoms with Crippen molar-refractivity contribution < 1.29 is 5.48 Å². The van der Waals surface area contributed by atoms with Gasteiger partial charge < -0.3 is 0 Å². The van der Waals surface area contributed by atoms with Crippen LogP contribution in [0.2, 0.25) is 5.15 Å². The molecule has 0 spiro atoms. The quantitative estimate of drug-likeness (QED) is 0.648. The first-order valence-corrected chi connectivity index (χ1v) is 6.08. The average molecular weight is 242 g/mol. The van der Waals surface area contributed by atoms with Crippen LogP contribution in [0, 0.1) is 12.3 Å². The second-order valence-corrected chi connectivity index (χ2v) is 5.71. The maximum atomic E-state index is 8.72. The second kappa shape index (κ2) is 4.37. The standard InChI is InChI=1S/C14H20ClN/c1-10-9-16-13(15)8-12(10)11-4-6-14(2,3)7-5-11/h8-9,11H,4-7H2,1-3H3/i1D3,11D. The van der Waals surface area contributed by atoms with E-state index >= 15 is 0 Å². The van der Waals surface area contributed by atoms with Gasteiger partial charge in [-0.3, -0.25) is 0 Å². The van der Waals surface area contributed by atoms with Gasteiger partial charge in [0.05, 0.1) is 0 Å². The summed E-state index contributed by atoms with van der Waals surface area (Å²) in [6, 6.07) is 1.56. The van der Waals surface area contributed by atoms with Gasteiger partial charge in [-0.25, -0.2) is 4.98 Å². The fourth-order valence-electron chi connectivity index (χ4n) is 2.22. The molecule has 2 heteroatoms. The van der Waals surface area contributed by atoms with E-state index in [1.165, 1.54) is 6.20 Å². The number of pyridine rings is 1. The lowest BCUT2D eigenvalue weighted by molar-refractivity contribution is 0.224. The summed E-state index contributed by atoms with van der Waals surface area (Å²) < 4.78 is 31.6. The van der Waals surface area contributed by atoms with Gasteiger partial charge in [0.15, 0.2) is 0 Å². The Bertz CT molecular complexity index is 500. The molecule has 0 atom stereocenters. The van der Waals surface area contributed by atoms with Gasteiger partial charge in [0.1, 0.15) is 5.15 Å². The van der Waals surface area contributed by atoms with E-state index in [1.54, 1.807) is 6.07 Å². The average Bonchev–Trinajstić information content (AvgIpc) is 2.32. The van der Waals surface area contributed by atoms with Gasteiger partial charge in [-0.05, 0) is 61.0 Å². The number of rotatable bonds is 1. The third-order valence-corrected chi connectivity index (χ3v) is 3.67. The predicted molar refractivity (Wildman–Crippen MR) is 69.0 cm³/mol. The monoisotopic (exact) mass is 241 g/mol. The molecule has 0 unspecified atom stereocenters. The Morgan fingerprint density at radius 1 is 1.50 bits per heavy atom. The molecule has 2 rings (SSSR count). The molecule has 1 heterocycles. The molecule has 1 aliphatic carbocycles. The van der Waals surface area contributed by atoms with Crippen LogP contribution in [0.15, 0.2) is 12.3 Å². The molecule has 0 amide bonds. The summed E-state index contributed by atoms with van der Waals surface area (Å²) in [6.07, 6.45) is 4.45. The van der Waals surface area contributed by atoms with E-state index < -0.39 is 12.7 Å². The highest BCUT2D eigenvalue weighted by molar-refractivity contribution is 6.29. The van der Waals surface area contributed by atoms with Crippen molar-refractivity contribution in [1.82, 2.24) is 4.98 Å². The van der Waals surface area contributed by atoms with E-state index in [4.69, 9.17) is 17.1 Å². The van der Waals surface area contributed by atoms with Crippen LogP contribution in [-0.2, 0) is 0 Å². The highest BCUT2D eigenvalue weighted by Gasteiger charge is 2.28. The van der Waals surface area contributed by atoms with E-state index in [1.807, 2.05) is 0 Å². The lowest BCUT2D eigenvalue weighted by Crippen LogP contribution is -2.20. The van der Waals surface area contributed by atoms with Crippen LogP contribution in [0.3, 0.4) is 0 Å². The number of nitrogens with zero attached hydrogens (tertiary/aromatic N) is 1. The topological polar surface area (TPSA) is 12.9 Å². The molecule has 0 aliphatic heterocycles. The van der Waals surface area contributed by atoms with Gasteiger partial charge in [0.25, 0.3) is 0 Å². The molecule has 0 saturated heterocycles. The largest absolute Gasteiger partial charge is 0.244 e. The van der Waals surface area contributed by atoms with E-state index in [0.717, 1.165) is 12.8 Å². The first kappa shape index (κ1) is 7.71. The van der Waals surface area contributed by atoms with Crippen molar-refractivity contribution in [2.45, 2.75) is 52.3 Å². The van der Waals surface area contributed by atoms with E-state index in [9.17, 15) is 0 Å². The summed E-state index contributed by atoms with van der Waals surface area (Å²) in [7, 11) is 0. The minimum atomic E-state index is -2.26. The van der Waals surface area contributed by atoms with Crippen molar-refractivity contribution >= 4 is 11.6 Å². The van der Waals surface area contributed by atoms with Gasteiger partial charge in [0, 0.05) is 11.7 Å². The summed E-state index contributed by atoms with van der Waals surface area (Å²) in [6.45, 7) is 2.13. The fraction of sp³-hybridized carbons (Fsp3) is 0.643. The number of aromatic nitrogens is 1. The molecule has 1 aliphatic rings. The zero-order valence-corrected chi connectivity index (χ0v) is 10.6. The van der Waals surface area contributed by atoms with Crippen molar-refractivity contribution in [3.05, 3.63) is 28.5 Å². The van der Waals surface area contributed by atoms with Crippen LogP contribution in [0.4, 0.5) is 0 Å². The zero-order valence-electron chi connectivity index (χ0n) is 13.8. The van der Waals surface area contributed by atoms with Gasteiger partial charge in [-0.2, -0.15) is 0 Å². The zero-order chi connectivity index (χ0) is 15.2. The summed E-state index contributed by atoms with van der Waals surface area (Å²) in [4.78, 5) is 3.88. The Kier molecular flexibility index (Phi) is 2.10. The SMILES string of the molecule is [2H]C([2H])([2H])c1cnc(Cl)cc1C1([2H])CCC(C)(C)CC1. The molecule has 16 heavy (non-hydrogen) atoms. The molecule has 1 saturated carbocycles. The molecule has 1 fully saturated rings. The highest BCUT2D eigenvalue weighted by Crippen LogP contribution is 2.43. The smallest absolute Gasteiger partial charge is 0.129 e. The Labute approximate surface area is 109 Å². The fourth-order valence-corrected chi connectivity index (χ4v) is 2.38. The number of hydrogen-bond acceptors (Lipinski definition) is 1. The molecule has 1 nitrogen and oxygen atoms in total. The van der Waals surface area contributed by atoms with E-state index in [2.05, 4.69) is 18.8 Å². The molecular weight excluding hydrogens is 218 g/mol. The molecule has 0 aromatic carbocycles. The van der Waals surface area contributed by atoms with Crippen LogP contribution in [0.25, 0.3) is 0 Å². The Morgan fingerprint density at radius 2 is 2.19 bits per heavy atom.